The number of aromatic nitrogens is 2. The molecule has 0 unspecified atom stereocenters. The zero-order valence-corrected chi connectivity index (χ0v) is 15.6. The summed E-state index contributed by atoms with van der Waals surface area (Å²) in [5.74, 6) is 0.543. The monoisotopic (exact) mass is 370 g/mol. The molecule has 1 aliphatic heterocycles. The van der Waals surface area contributed by atoms with Crippen LogP contribution in [0.2, 0.25) is 0 Å². The predicted octanol–water partition coefficient (Wildman–Crippen LogP) is 1.17. The molecule has 1 atom stereocenters. The molecule has 2 N–H and O–H groups in total. The van der Waals surface area contributed by atoms with Crippen LogP contribution in [0.3, 0.4) is 0 Å². The highest BCUT2D eigenvalue weighted by molar-refractivity contribution is 5.86. The van der Waals surface area contributed by atoms with Crippen LogP contribution in [0.25, 0.3) is 0 Å². The van der Waals surface area contributed by atoms with Crippen molar-refractivity contribution in [3.8, 4) is 5.75 Å². The highest BCUT2D eigenvalue weighted by Crippen LogP contribution is 2.24. The fourth-order valence-corrected chi connectivity index (χ4v) is 3.34. The van der Waals surface area contributed by atoms with Crippen LogP contribution in [-0.4, -0.2) is 58.2 Å². The highest BCUT2D eigenvalue weighted by Gasteiger charge is 2.41. The average Bonchev–Trinajstić information content (AvgIpc) is 2.70. The number of aliphatic hydroxyl groups is 1. The predicted molar refractivity (Wildman–Crippen MR) is 101 cm³/mol. The van der Waals surface area contributed by atoms with Gasteiger partial charge in [0.1, 0.15) is 5.75 Å². The number of amides is 1. The third-order valence-corrected chi connectivity index (χ3v) is 4.80. The molecular weight excluding hydrogens is 344 g/mol. The van der Waals surface area contributed by atoms with Crippen LogP contribution in [-0.2, 0) is 17.8 Å². The van der Waals surface area contributed by atoms with E-state index in [9.17, 15) is 9.90 Å². The minimum Gasteiger partial charge on any atom is -0.497 e. The standard InChI is InChI=1S/C20H26N4O3/c1-27-18-5-2-4-16(12-18)14-24-11-3-7-20(26,19(24)25)15-22-8-6-17-13-21-9-10-23-17/h2,4-5,9-10,12-13,22,26H,3,6-8,11,14-15H2,1H3/t20-/m1/s1. The van der Waals surface area contributed by atoms with Gasteiger partial charge in [-0.3, -0.25) is 14.8 Å². The van der Waals surface area contributed by atoms with E-state index in [0.29, 0.717) is 32.5 Å². The molecule has 0 aliphatic carbocycles. The first kappa shape index (κ1) is 19.3. The number of benzene rings is 1. The van der Waals surface area contributed by atoms with Gasteiger partial charge in [0.05, 0.1) is 12.8 Å². The molecule has 1 aromatic carbocycles. The van der Waals surface area contributed by atoms with Crippen molar-refractivity contribution >= 4 is 5.91 Å². The maximum atomic E-state index is 12.9. The average molecular weight is 370 g/mol. The van der Waals surface area contributed by atoms with E-state index < -0.39 is 5.60 Å². The van der Waals surface area contributed by atoms with Crippen LogP contribution in [0.5, 0.6) is 5.75 Å². The number of carbonyl (C=O) groups excluding carboxylic acids is 1. The topological polar surface area (TPSA) is 87.6 Å². The summed E-state index contributed by atoms with van der Waals surface area (Å²) in [5, 5.41) is 14.1. The van der Waals surface area contributed by atoms with E-state index in [1.165, 1.54) is 0 Å². The Bertz CT molecular complexity index is 756. The fraction of sp³-hybridized carbons (Fsp3) is 0.450. The number of nitrogens with zero attached hydrogens (tertiary/aromatic N) is 3. The van der Waals surface area contributed by atoms with E-state index in [-0.39, 0.29) is 12.5 Å². The molecule has 7 nitrogen and oxygen atoms in total. The van der Waals surface area contributed by atoms with E-state index >= 15 is 0 Å². The Morgan fingerprint density at radius 1 is 1.37 bits per heavy atom. The summed E-state index contributed by atoms with van der Waals surface area (Å²) in [5.41, 5.74) is 0.508. The van der Waals surface area contributed by atoms with Gasteiger partial charge in [-0.25, -0.2) is 0 Å². The lowest BCUT2D eigenvalue weighted by atomic mass is 9.91. The summed E-state index contributed by atoms with van der Waals surface area (Å²) in [6.45, 7) is 1.99. The number of piperidine rings is 1. The summed E-state index contributed by atoms with van der Waals surface area (Å²) in [4.78, 5) is 22.8. The molecule has 0 spiro atoms. The van der Waals surface area contributed by atoms with Crippen molar-refractivity contribution in [2.24, 2.45) is 0 Å². The number of hydrogen-bond donors (Lipinski definition) is 2. The molecule has 2 aromatic rings. The fourth-order valence-electron chi connectivity index (χ4n) is 3.34. The van der Waals surface area contributed by atoms with Crippen LogP contribution < -0.4 is 10.1 Å². The number of nitrogens with one attached hydrogen (secondary N) is 1. The molecule has 144 valence electrons. The minimum absolute atomic E-state index is 0.219. The summed E-state index contributed by atoms with van der Waals surface area (Å²) in [6.07, 6.45) is 6.96. The Kier molecular flexibility index (Phi) is 6.36. The van der Waals surface area contributed by atoms with Gasteiger partial charge in [0, 0.05) is 51.2 Å². The Morgan fingerprint density at radius 3 is 3.04 bits per heavy atom. The lowest BCUT2D eigenvalue weighted by Crippen LogP contribution is -2.57. The van der Waals surface area contributed by atoms with Gasteiger partial charge in [-0.2, -0.15) is 0 Å². The highest BCUT2D eigenvalue weighted by atomic mass is 16.5. The maximum Gasteiger partial charge on any atom is 0.256 e. The zero-order valence-electron chi connectivity index (χ0n) is 15.6. The molecule has 1 amide bonds. The van der Waals surface area contributed by atoms with E-state index in [0.717, 1.165) is 23.4 Å². The van der Waals surface area contributed by atoms with Gasteiger partial charge in [0.2, 0.25) is 0 Å². The first-order valence-electron chi connectivity index (χ1n) is 9.21. The van der Waals surface area contributed by atoms with E-state index in [2.05, 4.69) is 15.3 Å². The lowest BCUT2D eigenvalue weighted by Gasteiger charge is -2.38. The first-order chi connectivity index (χ1) is 13.1. The molecule has 1 saturated heterocycles. The Hall–Kier alpha value is -2.51. The van der Waals surface area contributed by atoms with Crippen LogP contribution in [0.1, 0.15) is 24.1 Å². The van der Waals surface area contributed by atoms with Gasteiger partial charge in [0.25, 0.3) is 5.91 Å². The lowest BCUT2D eigenvalue weighted by molar-refractivity contribution is -0.157. The van der Waals surface area contributed by atoms with Gasteiger partial charge < -0.3 is 20.1 Å². The maximum absolute atomic E-state index is 12.9. The van der Waals surface area contributed by atoms with Gasteiger partial charge in [-0.1, -0.05) is 12.1 Å². The first-order valence-corrected chi connectivity index (χ1v) is 9.21. The van der Waals surface area contributed by atoms with Crippen molar-refractivity contribution in [3.05, 3.63) is 54.1 Å². The van der Waals surface area contributed by atoms with Gasteiger partial charge >= 0.3 is 0 Å². The van der Waals surface area contributed by atoms with Crippen LogP contribution in [0.15, 0.2) is 42.9 Å². The molecule has 2 heterocycles. The van der Waals surface area contributed by atoms with Crippen molar-refractivity contribution in [1.29, 1.82) is 0 Å². The minimum atomic E-state index is -1.36. The van der Waals surface area contributed by atoms with Crippen molar-refractivity contribution < 1.29 is 14.6 Å². The van der Waals surface area contributed by atoms with Crippen LogP contribution in [0, 0.1) is 0 Å². The molecule has 1 aliphatic rings. The number of likely N-dealkylation sites (tertiary alicyclic amines) is 1. The second-order valence-corrected chi connectivity index (χ2v) is 6.84. The van der Waals surface area contributed by atoms with E-state index in [4.69, 9.17) is 4.74 Å². The van der Waals surface area contributed by atoms with Gasteiger partial charge in [0.15, 0.2) is 5.60 Å². The van der Waals surface area contributed by atoms with Crippen LogP contribution >= 0.6 is 0 Å². The summed E-state index contributed by atoms with van der Waals surface area (Å²) >= 11 is 0. The summed E-state index contributed by atoms with van der Waals surface area (Å²) < 4.78 is 5.24. The smallest absolute Gasteiger partial charge is 0.256 e. The number of rotatable bonds is 8. The molecule has 0 saturated carbocycles. The van der Waals surface area contributed by atoms with Crippen molar-refractivity contribution in [2.75, 3.05) is 26.7 Å². The largest absolute Gasteiger partial charge is 0.497 e. The quantitative estimate of drug-likeness (QED) is 0.679. The molecule has 27 heavy (non-hydrogen) atoms. The van der Waals surface area contributed by atoms with Gasteiger partial charge in [-0.05, 0) is 30.5 Å². The Morgan fingerprint density at radius 2 is 2.26 bits per heavy atom. The molecule has 1 fully saturated rings. The van der Waals surface area contributed by atoms with Crippen molar-refractivity contribution in [1.82, 2.24) is 20.2 Å². The van der Waals surface area contributed by atoms with E-state index in [1.807, 2.05) is 24.3 Å². The van der Waals surface area contributed by atoms with Crippen molar-refractivity contribution in [2.45, 2.75) is 31.4 Å². The molecular formula is C20H26N4O3. The molecule has 3 rings (SSSR count). The van der Waals surface area contributed by atoms with Gasteiger partial charge in [-0.15, -0.1) is 0 Å². The number of hydrogen-bond acceptors (Lipinski definition) is 6. The second-order valence-electron chi connectivity index (χ2n) is 6.84. The third kappa shape index (κ3) is 5.02. The number of carbonyl (C=O) groups is 1. The van der Waals surface area contributed by atoms with Crippen LogP contribution in [0.4, 0.5) is 0 Å². The summed E-state index contributed by atoms with van der Waals surface area (Å²) in [6, 6.07) is 7.66. The number of methoxy groups -OCH3 is 1. The van der Waals surface area contributed by atoms with Crippen molar-refractivity contribution in [3.63, 3.8) is 0 Å². The summed E-state index contributed by atoms with van der Waals surface area (Å²) in [7, 11) is 1.62. The zero-order chi connectivity index (χ0) is 19.1. The molecule has 0 bridgehead atoms. The normalized spacial score (nSPS) is 19.9. The van der Waals surface area contributed by atoms with E-state index in [1.54, 1.807) is 30.6 Å². The molecule has 1 aromatic heterocycles. The second kappa shape index (κ2) is 8.92. The Labute approximate surface area is 159 Å². The SMILES string of the molecule is COc1cccc(CN2CCC[C@@](O)(CNCCc3cnccn3)C2=O)c1. The molecule has 0 radical (unpaired) electrons. The Balaban J connectivity index is 1.54. The third-order valence-electron chi connectivity index (χ3n) is 4.80. The number of ether oxygens (including phenoxy) is 1. The molecule has 7 heteroatoms.